The molecule has 1 aromatic heterocycles. The molecule has 2 aromatic carbocycles. The van der Waals surface area contributed by atoms with Crippen molar-refractivity contribution in [1.82, 2.24) is 10.3 Å². The zero-order valence-electron chi connectivity index (χ0n) is 16.4. The molecule has 0 aliphatic carbocycles. The van der Waals surface area contributed by atoms with Gasteiger partial charge in [0.15, 0.2) is 0 Å². The highest BCUT2D eigenvalue weighted by molar-refractivity contribution is 5.88. The fraction of sp³-hybridized carbons (Fsp3) is 0.391. The molecule has 1 atom stereocenters. The van der Waals surface area contributed by atoms with E-state index in [1.54, 1.807) is 0 Å². The fourth-order valence-electron chi connectivity index (χ4n) is 4.27. The van der Waals surface area contributed by atoms with Crippen molar-refractivity contribution in [1.29, 1.82) is 0 Å². The van der Waals surface area contributed by atoms with Crippen molar-refractivity contribution in [3.05, 3.63) is 63.3 Å². The standard InChI is InChI=1S/C23H28N2O/c1-6-26-20-12-15(4)14(3)11-19(20)22-23-17(7-8-24-22)18-10-13(2)9-16(5)21(18)25-23/h9-12,22,24-25H,6-8H2,1-5H3. The van der Waals surface area contributed by atoms with Crippen LogP contribution in [0, 0.1) is 27.7 Å². The number of ether oxygens (including phenoxy) is 1. The lowest BCUT2D eigenvalue weighted by atomic mass is 9.91. The first-order valence-electron chi connectivity index (χ1n) is 9.58. The molecule has 0 saturated heterocycles. The summed E-state index contributed by atoms with van der Waals surface area (Å²) in [5, 5.41) is 5.10. The molecular formula is C23H28N2O. The number of H-pyrrole nitrogens is 1. The quantitative estimate of drug-likeness (QED) is 0.696. The number of nitrogens with one attached hydrogen (secondary N) is 2. The molecule has 1 unspecified atom stereocenters. The van der Waals surface area contributed by atoms with Crippen LogP contribution in [0.5, 0.6) is 5.75 Å². The molecule has 0 fully saturated rings. The van der Waals surface area contributed by atoms with Crippen LogP contribution in [-0.4, -0.2) is 18.1 Å². The van der Waals surface area contributed by atoms with E-state index in [0.29, 0.717) is 6.61 Å². The van der Waals surface area contributed by atoms with Gasteiger partial charge in [0, 0.05) is 28.7 Å². The minimum absolute atomic E-state index is 0.145. The highest BCUT2D eigenvalue weighted by Crippen LogP contribution is 2.39. The molecule has 1 aliphatic rings. The Hall–Kier alpha value is -2.26. The first-order valence-corrected chi connectivity index (χ1v) is 9.58. The second-order valence-corrected chi connectivity index (χ2v) is 7.57. The number of aromatic nitrogens is 1. The minimum Gasteiger partial charge on any atom is -0.494 e. The van der Waals surface area contributed by atoms with Crippen LogP contribution in [0.3, 0.4) is 0 Å². The first kappa shape index (κ1) is 17.2. The molecule has 0 radical (unpaired) electrons. The molecular weight excluding hydrogens is 320 g/mol. The lowest BCUT2D eigenvalue weighted by molar-refractivity contribution is 0.332. The van der Waals surface area contributed by atoms with Crippen molar-refractivity contribution in [2.75, 3.05) is 13.2 Å². The van der Waals surface area contributed by atoms with E-state index in [1.165, 1.54) is 50.0 Å². The van der Waals surface area contributed by atoms with Crippen molar-refractivity contribution in [3.8, 4) is 5.75 Å². The largest absolute Gasteiger partial charge is 0.494 e. The van der Waals surface area contributed by atoms with Crippen molar-refractivity contribution in [2.24, 2.45) is 0 Å². The normalized spacial score (nSPS) is 16.7. The summed E-state index contributed by atoms with van der Waals surface area (Å²) >= 11 is 0. The highest BCUT2D eigenvalue weighted by Gasteiger charge is 2.28. The molecule has 2 heterocycles. The maximum absolute atomic E-state index is 6.00. The maximum Gasteiger partial charge on any atom is 0.124 e. The predicted octanol–water partition coefficient (Wildman–Crippen LogP) is 5.04. The number of rotatable bonds is 3. The van der Waals surface area contributed by atoms with Gasteiger partial charge in [0.05, 0.1) is 12.6 Å². The van der Waals surface area contributed by atoms with Gasteiger partial charge in [0.2, 0.25) is 0 Å². The van der Waals surface area contributed by atoms with Gasteiger partial charge in [-0.15, -0.1) is 0 Å². The van der Waals surface area contributed by atoms with Crippen LogP contribution in [0.1, 0.15) is 52.0 Å². The van der Waals surface area contributed by atoms with E-state index in [4.69, 9.17) is 4.74 Å². The van der Waals surface area contributed by atoms with Gasteiger partial charge in [-0.2, -0.15) is 0 Å². The smallest absolute Gasteiger partial charge is 0.124 e. The maximum atomic E-state index is 6.00. The Balaban J connectivity index is 1.92. The summed E-state index contributed by atoms with van der Waals surface area (Å²) in [6.07, 6.45) is 1.06. The lowest BCUT2D eigenvalue weighted by Crippen LogP contribution is -2.31. The highest BCUT2D eigenvalue weighted by atomic mass is 16.5. The van der Waals surface area contributed by atoms with Gasteiger partial charge in [-0.1, -0.05) is 17.7 Å². The van der Waals surface area contributed by atoms with Crippen molar-refractivity contribution < 1.29 is 4.74 Å². The van der Waals surface area contributed by atoms with Crippen molar-refractivity contribution >= 4 is 10.9 Å². The van der Waals surface area contributed by atoms with E-state index in [2.05, 4.69) is 62.3 Å². The van der Waals surface area contributed by atoms with E-state index in [1.807, 2.05) is 6.92 Å². The third-order valence-electron chi connectivity index (χ3n) is 5.64. The first-order chi connectivity index (χ1) is 12.5. The Morgan fingerprint density at radius 2 is 1.77 bits per heavy atom. The second kappa shape index (κ2) is 6.48. The Kier molecular flexibility index (Phi) is 4.28. The average molecular weight is 348 g/mol. The molecule has 3 nitrogen and oxygen atoms in total. The SMILES string of the molecule is CCOc1cc(C)c(C)cc1C1NCCc2c1[nH]c1c(C)cc(C)cc21. The molecule has 0 saturated carbocycles. The van der Waals surface area contributed by atoms with E-state index >= 15 is 0 Å². The van der Waals surface area contributed by atoms with E-state index < -0.39 is 0 Å². The fourth-order valence-corrected chi connectivity index (χ4v) is 4.27. The molecule has 26 heavy (non-hydrogen) atoms. The number of benzene rings is 2. The van der Waals surface area contributed by atoms with Gasteiger partial charge in [-0.25, -0.2) is 0 Å². The zero-order chi connectivity index (χ0) is 18.4. The Morgan fingerprint density at radius 3 is 2.54 bits per heavy atom. The van der Waals surface area contributed by atoms with E-state index in [0.717, 1.165) is 18.7 Å². The van der Waals surface area contributed by atoms with Crippen LogP contribution in [-0.2, 0) is 6.42 Å². The zero-order valence-corrected chi connectivity index (χ0v) is 16.4. The summed E-state index contributed by atoms with van der Waals surface area (Å²) < 4.78 is 6.00. The third kappa shape index (κ3) is 2.71. The molecule has 0 bridgehead atoms. The summed E-state index contributed by atoms with van der Waals surface area (Å²) in [6, 6.07) is 9.20. The number of hydrogen-bond acceptors (Lipinski definition) is 2. The molecule has 136 valence electrons. The number of aryl methyl sites for hydroxylation is 4. The molecule has 2 N–H and O–H groups in total. The van der Waals surface area contributed by atoms with Gasteiger partial charge < -0.3 is 15.0 Å². The summed E-state index contributed by atoms with van der Waals surface area (Å²) in [6.45, 7) is 12.4. The predicted molar refractivity (Wildman–Crippen MR) is 108 cm³/mol. The number of fused-ring (bicyclic) bond motifs is 3. The lowest BCUT2D eigenvalue weighted by Gasteiger charge is -2.27. The molecule has 1 aliphatic heterocycles. The third-order valence-corrected chi connectivity index (χ3v) is 5.64. The summed E-state index contributed by atoms with van der Waals surface area (Å²) in [5.41, 5.74) is 10.5. The second-order valence-electron chi connectivity index (χ2n) is 7.57. The van der Waals surface area contributed by atoms with Crippen LogP contribution in [0.4, 0.5) is 0 Å². The van der Waals surface area contributed by atoms with Gasteiger partial charge in [-0.05, 0) is 75.4 Å². The summed E-state index contributed by atoms with van der Waals surface area (Å²) in [5.74, 6) is 0.993. The van der Waals surface area contributed by atoms with Crippen molar-refractivity contribution in [2.45, 2.75) is 47.1 Å². The Morgan fingerprint density at radius 1 is 1.00 bits per heavy atom. The average Bonchev–Trinajstić information content (AvgIpc) is 2.97. The topological polar surface area (TPSA) is 37.0 Å². The van der Waals surface area contributed by atoms with Gasteiger partial charge >= 0.3 is 0 Å². The van der Waals surface area contributed by atoms with Gasteiger partial charge in [-0.3, -0.25) is 0 Å². The number of hydrogen-bond donors (Lipinski definition) is 2. The molecule has 0 spiro atoms. The van der Waals surface area contributed by atoms with Crippen LogP contribution >= 0.6 is 0 Å². The van der Waals surface area contributed by atoms with Gasteiger partial charge in [0.25, 0.3) is 0 Å². The number of aromatic amines is 1. The monoisotopic (exact) mass is 348 g/mol. The summed E-state index contributed by atoms with van der Waals surface area (Å²) in [4.78, 5) is 3.75. The van der Waals surface area contributed by atoms with Crippen LogP contribution in [0.15, 0.2) is 24.3 Å². The summed E-state index contributed by atoms with van der Waals surface area (Å²) in [7, 11) is 0. The Labute approximate surface area is 155 Å². The van der Waals surface area contributed by atoms with E-state index in [9.17, 15) is 0 Å². The molecule has 3 heteroatoms. The molecule has 3 aromatic rings. The molecule has 4 rings (SSSR count). The van der Waals surface area contributed by atoms with Gasteiger partial charge in [0.1, 0.15) is 5.75 Å². The molecule has 0 amide bonds. The van der Waals surface area contributed by atoms with Crippen molar-refractivity contribution in [3.63, 3.8) is 0 Å². The van der Waals surface area contributed by atoms with E-state index in [-0.39, 0.29) is 6.04 Å². The van der Waals surface area contributed by atoms with Crippen LogP contribution < -0.4 is 10.1 Å². The van der Waals surface area contributed by atoms with Crippen LogP contribution in [0.25, 0.3) is 10.9 Å². The minimum atomic E-state index is 0.145. The van der Waals surface area contributed by atoms with Crippen LogP contribution in [0.2, 0.25) is 0 Å². The Bertz CT molecular complexity index is 984.